The predicted molar refractivity (Wildman–Crippen MR) is 87.6 cm³/mol. The van der Waals surface area contributed by atoms with Gasteiger partial charge in [0.05, 0.1) is 12.2 Å². The van der Waals surface area contributed by atoms with Crippen molar-refractivity contribution in [2.45, 2.75) is 12.2 Å². The van der Waals surface area contributed by atoms with Crippen molar-refractivity contribution in [2.24, 2.45) is 0 Å². The summed E-state index contributed by atoms with van der Waals surface area (Å²) < 4.78 is 26.7. The first-order chi connectivity index (χ1) is 10.4. The summed E-state index contributed by atoms with van der Waals surface area (Å²) >= 11 is 5.90. The van der Waals surface area contributed by atoms with E-state index in [-0.39, 0.29) is 24.3 Å². The topological polar surface area (TPSA) is 83.5 Å². The largest absolute Gasteiger partial charge is 0.481 e. The Labute approximate surface area is 135 Å². The van der Waals surface area contributed by atoms with Gasteiger partial charge in [-0.25, -0.2) is 8.42 Å². The number of hydrogen-bond donors (Lipinski definition) is 2. The summed E-state index contributed by atoms with van der Waals surface area (Å²) in [6, 6.07) is 13.2. The quantitative estimate of drug-likeness (QED) is 0.845. The number of anilines is 1. The number of carbonyl (C=O) groups is 1. The first-order valence-corrected chi connectivity index (χ1v) is 8.43. The van der Waals surface area contributed by atoms with E-state index < -0.39 is 16.0 Å². The van der Waals surface area contributed by atoms with Crippen LogP contribution in [0.15, 0.2) is 48.5 Å². The van der Waals surface area contributed by atoms with Crippen LogP contribution in [-0.2, 0) is 27.0 Å². The molecule has 22 heavy (non-hydrogen) atoms. The Morgan fingerprint density at radius 3 is 2.50 bits per heavy atom. The number of carboxylic acid groups (broad SMARTS) is 1. The molecular formula is C15H16ClNO4S. The first-order valence-electron chi connectivity index (χ1n) is 6.40. The fraction of sp³-hybridized carbons (Fsp3) is 0.133. The van der Waals surface area contributed by atoms with E-state index in [1.165, 1.54) is 18.2 Å². The smallest absolute Gasteiger partial charge is 0.307 e. The molecule has 0 bridgehead atoms. The molecule has 0 radical (unpaired) electrons. The van der Waals surface area contributed by atoms with Crippen LogP contribution in [0, 0.1) is 0 Å². The molecule has 0 fully saturated rings. The molecule has 118 valence electrons. The van der Waals surface area contributed by atoms with E-state index in [1.807, 2.05) is 0 Å². The van der Waals surface area contributed by atoms with Crippen LogP contribution >= 0.6 is 11.6 Å². The Hall–Kier alpha value is -2.05. The van der Waals surface area contributed by atoms with Crippen molar-refractivity contribution in [1.82, 2.24) is 0 Å². The Bertz CT molecular complexity index is 781. The minimum absolute atomic E-state index is 0. The van der Waals surface area contributed by atoms with Gasteiger partial charge in [-0.2, -0.15) is 0 Å². The van der Waals surface area contributed by atoms with Crippen LogP contribution in [0.1, 0.15) is 12.6 Å². The van der Waals surface area contributed by atoms with Gasteiger partial charge in [-0.3, -0.25) is 9.52 Å². The minimum atomic E-state index is -3.59. The number of hydrogen-bond acceptors (Lipinski definition) is 3. The van der Waals surface area contributed by atoms with Gasteiger partial charge in [-0.1, -0.05) is 41.9 Å². The maximum absolute atomic E-state index is 12.1. The molecule has 0 atom stereocenters. The molecule has 0 spiro atoms. The van der Waals surface area contributed by atoms with Gasteiger partial charge in [0.2, 0.25) is 10.0 Å². The molecule has 2 aromatic carbocycles. The summed E-state index contributed by atoms with van der Waals surface area (Å²) in [6.45, 7) is 0. The molecule has 0 aliphatic heterocycles. The lowest BCUT2D eigenvalue weighted by Crippen LogP contribution is -2.15. The van der Waals surface area contributed by atoms with Crippen LogP contribution in [-0.4, -0.2) is 19.5 Å². The maximum Gasteiger partial charge on any atom is 0.307 e. The number of aliphatic carboxylic acids is 1. The predicted octanol–water partition coefficient (Wildman–Crippen LogP) is 3.16. The summed E-state index contributed by atoms with van der Waals surface area (Å²) in [7, 11) is -3.59. The highest BCUT2D eigenvalue weighted by Gasteiger charge is 2.13. The van der Waals surface area contributed by atoms with Crippen molar-refractivity contribution in [1.29, 1.82) is 0 Å². The number of carboxylic acids is 1. The Morgan fingerprint density at radius 1 is 1.18 bits per heavy atom. The normalized spacial score (nSPS) is 11.1. The van der Waals surface area contributed by atoms with E-state index in [0.29, 0.717) is 11.1 Å². The van der Waals surface area contributed by atoms with Crippen LogP contribution in [0.4, 0.5) is 5.69 Å². The zero-order valence-electron chi connectivity index (χ0n) is 11.5. The highest BCUT2D eigenvalue weighted by atomic mass is 35.5. The number of nitrogens with one attached hydrogen (secondary N) is 1. The Morgan fingerprint density at radius 2 is 1.86 bits per heavy atom. The molecule has 0 aliphatic carbocycles. The Kier molecular flexibility index (Phi) is 5.05. The molecule has 0 saturated heterocycles. The van der Waals surface area contributed by atoms with Gasteiger partial charge in [0.25, 0.3) is 0 Å². The van der Waals surface area contributed by atoms with Crippen molar-refractivity contribution < 1.29 is 19.7 Å². The third kappa shape index (κ3) is 4.75. The number of halogens is 1. The molecule has 7 heteroatoms. The van der Waals surface area contributed by atoms with E-state index in [0.717, 1.165) is 0 Å². The third-order valence-electron chi connectivity index (χ3n) is 2.86. The van der Waals surface area contributed by atoms with Gasteiger partial charge in [0.15, 0.2) is 0 Å². The van der Waals surface area contributed by atoms with Crippen LogP contribution in [0.5, 0.6) is 0 Å². The van der Waals surface area contributed by atoms with Gasteiger partial charge < -0.3 is 5.11 Å². The average Bonchev–Trinajstić information content (AvgIpc) is 2.42. The number of sulfonamides is 1. The van der Waals surface area contributed by atoms with Gasteiger partial charge in [0, 0.05) is 12.1 Å². The zero-order valence-corrected chi connectivity index (χ0v) is 13.1. The summed E-state index contributed by atoms with van der Waals surface area (Å²) in [6.07, 6.45) is -0.271. The van der Waals surface area contributed by atoms with Crippen molar-refractivity contribution in [2.75, 3.05) is 4.72 Å². The summed E-state index contributed by atoms with van der Waals surface area (Å²) in [5.74, 6) is -1.20. The molecule has 0 aliphatic rings. The lowest BCUT2D eigenvalue weighted by molar-refractivity contribution is -0.136. The van der Waals surface area contributed by atoms with Crippen LogP contribution in [0.2, 0.25) is 5.02 Å². The zero-order chi connectivity index (χ0) is 16.2. The molecule has 2 N–H and O–H groups in total. The van der Waals surface area contributed by atoms with E-state index in [4.69, 9.17) is 16.7 Å². The second kappa shape index (κ2) is 6.81. The van der Waals surface area contributed by atoms with Crippen LogP contribution in [0.25, 0.3) is 0 Å². The molecular weight excluding hydrogens is 326 g/mol. The standard InChI is InChI=1S/C15H14ClNO4S.H2/c16-14-7-6-13(8-12(14)9-15(18)19)17-22(20,21)10-11-4-2-1-3-5-11;/h1-8,17H,9-10H2,(H,18,19);1H. The number of rotatable bonds is 6. The van der Waals surface area contributed by atoms with E-state index in [9.17, 15) is 13.2 Å². The molecule has 0 aromatic heterocycles. The summed E-state index contributed by atoms with van der Waals surface area (Å²) in [5, 5.41) is 9.10. The second-order valence-corrected chi connectivity index (χ2v) is 6.85. The molecule has 0 saturated carbocycles. The van der Waals surface area contributed by atoms with Gasteiger partial charge in [-0.15, -0.1) is 0 Å². The highest BCUT2D eigenvalue weighted by Crippen LogP contribution is 2.22. The molecule has 0 amide bonds. The van der Waals surface area contributed by atoms with E-state index >= 15 is 0 Å². The van der Waals surface area contributed by atoms with Gasteiger partial charge in [-0.05, 0) is 29.3 Å². The van der Waals surface area contributed by atoms with E-state index in [2.05, 4.69) is 4.72 Å². The maximum atomic E-state index is 12.1. The average molecular weight is 342 g/mol. The first kappa shape index (κ1) is 16.3. The highest BCUT2D eigenvalue weighted by molar-refractivity contribution is 7.91. The Balaban J connectivity index is 0.00000264. The fourth-order valence-electron chi connectivity index (χ4n) is 1.95. The van der Waals surface area contributed by atoms with Crippen molar-refractivity contribution in [3.8, 4) is 0 Å². The van der Waals surface area contributed by atoms with Crippen molar-refractivity contribution in [3.63, 3.8) is 0 Å². The SMILES string of the molecule is O=C(O)Cc1cc(NS(=O)(=O)Cc2ccccc2)ccc1Cl.[HH]. The van der Waals surface area contributed by atoms with Crippen LogP contribution < -0.4 is 4.72 Å². The minimum Gasteiger partial charge on any atom is -0.481 e. The van der Waals surface area contributed by atoms with Gasteiger partial charge in [0.1, 0.15) is 0 Å². The van der Waals surface area contributed by atoms with Crippen molar-refractivity contribution in [3.05, 3.63) is 64.7 Å². The second-order valence-electron chi connectivity index (χ2n) is 4.72. The molecule has 2 rings (SSSR count). The lowest BCUT2D eigenvalue weighted by Gasteiger charge is -2.10. The van der Waals surface area contributed by atoms with Crippen LogP contribution in [0.3, 0.4) is 0 Å². The lowest BCUT2D eigenvalue weighted by atomic mass is 10.1. The summed E-state index contributed by atoms with van der Waals surface area (Å²) in [5.41, 5.74) is 1.31. The monoisotopic (exact) mass is 341 g/mol. The number of benzene rings is 2. The van der Waals surface area contributed by atoms with Gasteiger partial charge >= 0.3 is 5.97 Å². The van der Waals surface area contributed by atoms with Crippen molar-refractivity contribution >= 4 is 33.3 Å². The molecule has 0 unspecified atom stereocenters. The third-order valence-corrected chi connectivity index (χ3v) is 4.49. The molecule has 0 heterocycles. The molecule has 2 aromatic rings. The molecule has 5 nitrogen and oxygen atoms in total. The van der Waals surface area contributed by atoms with E-state index in [1.54, 1.807) is 30.3 Å². The fourth-order valence-corrected chi connectivity index (χ4v) is 3.32. The summed E-state index contributed by atoms with van der Waals surface area (Å²) in [4.78, 5) is 10.8.